The van der Waals surface area contributed by atoms with Gasteiger partial charge in [-0.25, -0.2) is 0 Å². The number of hydrogen-bond acceptors (Lipinski definition) is 4. The number of likely N-dealkylation sites (tertiary alicyclic amines) is 1. The topological polar surface area (TPSA) is 61.8 Å². The third kappa shape index (κ3) is 7.81. The van der Waals surface area contributed by atoms with E-state index in [1.807, 2.05) is 12.1 Å². The summed E-state index contributed by atoms with van der Waals surface area (Å²) in [5.74, 6) is 1.61. The maximum atomic E-state index is 5.69. The number of ether oxygens (including phenoxy) is 1. The summed E-state index contributed by atoms with van der Waals surface area (Å²) in [5, 5.41) is 6.69. The predicted octanol–water partition coefficient (Wildman–Crippen LogP) is 3.47. The molecule has 2 aromatic rings. The van der Waals surface area contributed by atoms with E-state index in [1.165, 1.54) is 18.4 Å². The largest absolute Gasteiger partial charge is 0.490 e. The Balaban J connectivity index is 0.00000300. The molecule has 1 aromatic heterocycles. The molecule has 0 aliphatic carbocycles. The van der Waals surface area contributed by atoms with Gasteiger partial charge in [0.25, 0.3) is 0 Å². The first kappa shape index (κ1) is 23.4. The second kappa shape index (κ2) is 13.4. The lowest BCUT2D eigenvalue weighted by molar-refractivity contribution is 0.251. The number of aromatic nitrogens is 1. The Morgan fingerprint density at radius 1 is 1.14 bits per heavy atom. The van der Waals surface area contributed by atoms with Crippen LogP contribution in [0, 0.1) is 0 Å². The third-order valence-corrected chi connectivity index (χ3v) is 4.83. The molecule has 0 bridgehead atoms. The van der Waals surface area contributed by atoms with Crippen LogP contribution >= 0.6 is 24.0 Å². The van der Waals surface area contributed by atoms with E-state index in [0.717, 1.165) is 37.9 Å². The molecule has 2 N–H and O–H groups in total. The molecular formula is C22H32IN5O. The van der Waals surface area contributed by atoms with Crippen molar-refractivity contribution in [2.45, 2.75) is 25.8 Å². The molecule has 0 radical (unpaired) electrons. The highest BCUT2D eigenvalue weighted by molar-refractivity contribution is 14.0. The maximum Gasteiger partial charge on any atom is 0.191 e. The number of guanidine groups is 1. The second-order valence-electron chi connectivity index (χ2n) is 6.85. The zero-order valence-electron chi connectivity index (χ0n) is 17.1. The normalized spacial score (nSPS) is 15.4. The summed E-state index contributed by atoms with van der Waals surface area (Å²) in [6.45, 7) is 7.19. The molecule has 1 aliphatic heterocycles. The van der Waals surface area contributed by atoms with Crippen molar-refractivity contribution in [3.63, 3.8) is 0 Å². The van der Waals surface area contributed by atoms with Crippen LogP contribution < -0.4 is 15.4 Å². The summed E-state index contributed by atoms with van der Waals surface area (Å²) in [7, 11) is 0. The molecule has 6 nitrogen and oxygen atoms in total. The molecule has 158 valence electrons. The highest BCUT2D eigenvalue weighted by atomic mass is 127. The smallest absolute Gasteiger partial charge is 0.191 e. The second-order valence-corrected chi connectivity index (χ2v) is 6.85. The molecule has 1 atom stereocenters. The molecule has 1 aromatic carbocycles. The summed E-state index contributed by atoms with van der Waals surface area (Å²) >= 11 is 0. The Bertz CT molecular complexity index is 708. The number of pyridine rings is 1. The molecule has 0 amide bonds. The highest BCUT2D eigenvalue weighted by Gasteiger charge is 2.23. The predicted molar refractivity (Wildman–Crippen MR) is 129 cm³/mol. The van der Waals surface area contributed by atoms with Gasteiger partial charge in [-0.1, -0.05) is 30.3 Å². The van der Waals surface area contributed by atoms with E-state index in [-0.39, 0.29) is 24.0 Å². The molecule has 1 saturated heterocycles. The highest BCUT2D eigenvalue weighted by Crippen LogP contribution is 2.25. The van der Waals surface area contributed by atoms with Crippen molar-refractivity contribution in [2.24, 2.45) is 4.99 Å². The van der Waals surface area contributed by atoms with Gasteiger partial charge in [-0.05, 0) is 50.6 Å². The molecule has 1 aliphatic rings. The third-order valence-electron chi connectivity index (χ3n) is 4.83. The van der Waals surface area contributed by atoms with E-state index in [1.54, 1.807) is 12.4 Å². The zero-order valence-corrected chi connectivity index (χ0v) is 19.4. The summed E-state index contributed by atoms with van der Waals surface area (Å²) < 4.78 is 5.69. The van der Waals surface area contributed by atoms with E-state index in [0.29, 0.717) is 19.2 Å². The number of hydrogen-bond donors (Lipinski definition) is 2. The van der Waals surface area contributed by atoms with Crippen molar-refractivity contribution < 1.29 is 4.74 Å². The minimum atomic E-state index is 0. The fourth-order valence-electron chi connectivity index (χ4n) is 3.45. The van der Waals surface area contributed by atoms with Crippen molar-refractivity contribution in [3.8, 4) is 5.75 Å². The Hall–Kier alpha value is -1.87. The van der Waals surface area contributed by atoms with Gasteiger partial charge in [0.05, 0.1) is 25.3 Å². The van der Waals surface area contributed by atoms with Crippen LogP contribution in [-0.2, 0) is 0 Å². The number of halogens is 1. The fourth-order valence-corrected chi connectivity index (χ4v) is 3.45. The van der Waals surface area contributed by atoms with Crippen LogP contribution in [0.2, 0.25) is 0 Å². The Kier molecular flexibility index (Phi) is 10.8. The molecule has 29 heavy (non-hydrogen) atoms. The van der Waals surface area contributed by atoms with Gasteiger partial charge < -0.3 is 15.4 Å². The van der Waals surface area contributed by atoms with E-state index in [9.17, 15) is 0 Å². The van der Waals surface area contributed by atoms with Crippen LogP contribution in [0.5, 0.6) is 5.75 Å². The van der Waals surface area contributed by atoms with Crippen LogP contribution in [0.4, 0.5) is 0 Å². The molecular weight excluding hydrogens is 477 g/mol. The van der Waals surface area contributed by atoms with Gasteiger partial charge in [0, 0.05) is 12.7 Å². The molecule has 1 fully saturated rings. The summed E-state index contributed by atoms with van der Waals surface area (Å²) in [6, 6.07) is 14.8. The van der Waals surface area contributed by atoms with Gasteiger partial charge in [-0.2, -0.15) is 0 Å². The Morgan fingerprint density at radius 3 is 2.62 bits per heavy atom. The average molecular weight is 509 g/mol. The quantitative estimate of drug-likeness (QED) is 0.235. The lowest BCUT2D eigenvalue weighted by atomic mass is 10.1. The molecule has 3 rings (SSSR count). The van der Waals surface area contributed by atoms with Crippen LogP contribution in [0.3, 0.4) is 0 Å². The fraction of sp³-hybridized carbons (Fsp3) is 0.455. The average Bonchev–Trinajstić information content (AvgIpc) is 3.27. The van der Waals surface area contributed by atoms with Gasteiger partial charge in [0.2, 0.25) is 0 Å². The first-order chi connectivity index (χ1) is 13.9. The number of aliphatic imine (C=N–C) groups is 1. The van der Waals surface area contributed by atoms with Crippen LogP contribution in [-0.4, -0.2) is 55.2 Å². The Morgan fingerprint density at radius 2 is 1.93 bits per heavy atom. The van der Waals surface area contributed by atoms with Crippen molar-refractivity contribution in [3.05, 3.63) is 60.4 Å². The van der Waals surface area contributed by atoms with E-state index in [2.05, 4.69) is 57.8 Å². The van der Waals surface area contributed by atoms with Gasteiger partial charge in [-0.3, -0.25) is 14.9 Å². The minimum absolute atomic E-state index is 0. The molecule has 0 spiro atoms. The van der Waals surface area contributed by atoms with Crippen LogP contribution in [0.15, 0.2) is 59.9 Å². The van der Waals surface area contributed by atoms with Crippen molar-refractivity contribution in [1.29, 1.82) is 0 Å². The minimum Gasteiger partial charge on any atom is -0.490 e. The lowest BCUT2D eigenvalue weighted by Crippen LogP contribution is -2.40. The number of rotatable bonds is 9. The number of nitrogens with zero attached hydrogens (tertiary/aromatic N) is 3. The summed E-state index contributed by atoms with van der Waals surface area (Å²) in [4.78, 5) is 11.5. The standard InChI is InChI=1S/C22H31N5O.HI/c1-2-24-22(25-13-16-28-20-11-8-12-23-17-20)26-18-21(27-14-6-7-15-27)19-9-4-3-5-10-19;/h3-5,8-12,17,21H,2,6-7,13-16,18H2,1H3,(H2,24,25,26);1H. The Labute approximate surface area is 191 Å². The van der Waals surface area contributed by atoms with E-state index >= 15 is 0 Å². The lowest BCUT2D eigenvalue weighted by Gasteiger charge is -2.27. The van der Waals surface area contributed by atoms with Gasteiger partial charge in [0.15, 0.2) is 5.96 Å². The van der Waals surface area contributed by atoms with Gasteiger partial charge in [0.1, 0.15) is 12.4 Å². The van der Waals surface area contributed by atoms with Crippen LogP contribution in [0.1, 0.15) is 31.4 Å². The summed E-state index contributed by atoms with van der Waals surface area (Å²) in [6.07, 6.45) is 6.01. The van der Waals surface area contributed by atoms with Gasteiger partial charge in [-0.15, -0.1) is 24.0 Å². The van der Waals surface area contributed by atoms with Crippen molar-refractivity contribution in [1.82, 2.24) is 20.5 Å². The summed E-state index contributed by atoms with van der Waals surface area (Å²) in [5.41, 5.74) is 1.34. The molecule has 0 saturated carbocycles. The van der Waals surface area contributed by atoms with E-state index in [4.69, 9.17) is 9.73 Å². The number of nitrogens with one attached hydrogen (secondary N) is 2. The molecule has 7 heteroatoms. The first-order valence-corrected chi connectivity index (χ1v) is 10.2. The van der Waals surface area contributed by atoms with Crippen LogP contribution in [0.25, 0.3) is 0 Å². The SMILES string of the molecule is CCNC(=NCC(c1ccccc1)N1CCCC1)NCCOc1cccnc1.I. The monoisotopic (exact) mass is 509 g/mol. The zero-order chi connectivity index (χ0) is 19.4. The van der Waals surface area contributed by atoms with Gasteiger partial charge >= 0.3 is 0 Å². The molecule has 2 heterocycles. The molecule has 1 unspecified atom stereocenters. The first-order valence-electron chi connectivity index (χ1n) is 10.2. The maximum absolute atomic E-state index is 5.69. The van der Waals surface area contributed by atoms with Crippen molar-refractivity contribution >= 4 is 29.9 Å². The number of benzene rings is 1. The van der Waals surface area contributed by atoms with E-state index < -0.39 is 0 Å². The van der Waals surface area contributed by atoms with Crippen molar-refractivity contribution in [2.75, 3.05) is 39.3 Å².